The Bertz CT molecular complexity index is 452. The lowest BCUT2D eigenvalue weighted by Gasteiger charge is -2.13. The maximum absolute atomic E-state index is 11.9. The minimum atomic E-state index is -0.698. The fraction of sp³-hybridized carbons (Fsp3) is 0.500. The van der Waals surface area contributed by atoms with Crippen molar-refractivity contribution in [1.29, 1.82) is 0 Å². The maximum atomic E-state index is 11.9. The van der Waals surface area contributed by atoms with Crippen molar-refractivity contribution in [3.63, 3.8) is 0 Å². The number of esters is 1. The van der Waals surface area contributed by atoms with Gasteiger partial charge in [0.1, 0.15) is 0 Å². The first-order valence-corrected chi connectivity index (χ1v) is 7.07. The Labute approximate surface area is 125 Å². The second-order valence-corrected chi connectivity index (χ2v) is 4.71. The van der Waals surface area contributed by atoms with Crippen LogP contribution in [0.15, 0.2) is 24.3 Å². The molecule has 116 valence electrons. The molecule has 0 N–H and O–H groups in total. The molecule has 0 amide bonds. The van der Waals surface area contributed by atoms with E-state index in [9.17, 15) is 9.59 Å². The van der Waals surface area contributed by atoms with Crippen LogP contribution in [0, 0.1) is 0 Å². The zero-order valence-electron chi connectivity index (χ0n) is 12.8. The summed E-state index contributed by atoms with van der Waals surface area (Å²) < 4.78 is 14.4. The van der Waals surface area contributed by atoms with E-state index >= 15 is 0 Å². The van der Waals surface area contributed by atoms with Crippen LogP contribution in [0.4, 0.5) is 4.79 Å². The predicted molar refractivity (Wildman–Crippen MR) is 78.3 cm³/mol. The molecule has 0 spiro atoms. The third kappa shape index (κ3) is 6.29. The average molecular weight is 294 g/mol. The van der Waals surface area contributed by atoms with Crippen LogP contribution < -0.4 is 0 Å². The van der Waals surface area contributed by atoms with Gasteiger partial charge in [0.05, 0.1) is 25.4 Å². The molecule has 5 nitrogen and oxygen atoms in total. The Balaban J connectivity index is 2.31. The van der Waals surface area contributed by atoms with Gasteiger partial charge >= 0.3 is 12.1 Å². The van der Waals surface area contributed by atoms with Crippen LogP contribution in [0.2, 0.25) is 0 Å². The molecular formula is C16H22O5. The molecule has 0 aliphatic rings. The van der Waals surface area contributed by atoms with Gasteiger partial charge in [-0.2, -0.15) is 0 Å². The van der Waals surface area contributed by atoms with Crippen LogP contribution in [0.3, 0.4) is 0 Å². The van der Waals surface area contributed by atoms with Crippen LogP contribution in [-0.4, -0.2) is 31.9 Å². The molecule has 0 saturated carbocycles. The van der Waals surface area contributed by atoms with Gasteiger partial charge in [-0.05, 0) is 43.9 Å². The highest BCUT2D eigenvalue weighted by Crippen LogP contribution is 2.10. The van der Waals surface area contributed by atoms with E-state index in [0.717, 1.165) is 6.42 Å². The lowest BCUT2D eigenvalue weighted by Crippen LogP contribution is -2.16. The van der Waals surface area contributed by atoms with E-state index in [1.165, 1.54) is 12.7 Å². The first-order chi connectivity index (χ1) is 10.1. The third-order valence-corrected chi connectivity index (χ3v) is 3.05. The summed E-state index contributed by atoms with van der Waals surface area (Å²) in [6.45, 7) is 4.13. The van der Waals surface area contributed by atoms with Crippen molar-refractivity contribution in [2.45, 2.75) is 39.2 Å². The van der Waals surface area contributed by atoms with Gasteiger partial charge < -0.3 is 14.2 Å². The molecule has 0 fully saturated rings. The van der Waals surface area contributed by atoms with Crippen molar-refractivity contribution >= 4 is 12.1 Å². The fourth-order valence-electron chi connectivity index (χ4n) is 1.77. The molecule has 21 heavy (non-hydrogen) atoms. The second kappa shape index (κ2) is 9.00. The second-order valence-electron chi connectivity index (χ2n) is 4.71. The molecule has 1 unspecified atom stereocenters. The number of carbonyl (C=O) groups is 2. The van der Waals surface area contributed by atoms with Crippen LogP contribution in [0.25, 0.3) is 0 Å². The zero-order chi connectivity index (χ0) is 15.7. The summed E-state index contributed by atoms with van der Waals surface area (Å²) in [6, 6.07) is 7.39. The molecular weight excluding hydrogens is 272 g/mol. The summed E-state index contributed by atoms with van der Waals surface area (Å²) in [7, 11) is 1.26. The summed E-state index contributed by atoms with van der Waals surface area (Å²) in [5.41, 5.74) is 1.73. The van der Waals surface area contributed by atoms with Gasteiger partial charge in [0.2, 0.25) is 0 Å². The van der Waals surface area contributed by atoms with E-state index in [4.69, 9.17) is 9.47 Å². The molecule has 0 aromatic heterocycles. The molecule has 1 aromatic rings. The van der Waals surface area contributed by atoms with Crippen molar-refractivity contribution < 1.29 is 23.8 Å². The molecule has 1 aromatic carbocycles. The summed E-state index contributed by atoms with van der Waals surface area (Å²) in [5.74, 6) is -0.334. The molecule has 5 heteroatoms. The summed E-state index contributed by atoms with van der Waals surface area (Å²) in [4.78, 5) is 22.7. The molecule has 0 saturated heterocycles. The number of carbonyl (C=O) groups excluding carboxylic acids is 2. The highest BCUT2D eigenvalue weighted by atomic mass is 16.7. The highest BCUT2D eigenvalue weighted by molar-refractivity contribution is 5.89. The first-order valence-electron chi connectivity index (χ1n) is 7.07. The normalized spacial score (nSPS) is 11.6. The van der Waals surface area contributed by atoms with E-state index in [2.05, 4.69) is 11.7 Å². The Kier molecular flexibility index (Phi) is 7.29. The van der Waals surface area contributed by atoms with Gasteiger partial charge in [-0.1, -0.05) is 19.1 Å². The topological polar surface area (TPSA) is 61.8 Å². The summed E-state index contributed by atoms with van der Waals surface area (Å²) in [5, 5.41) is 0. The van der Waals surface area contributed by atoms with Gasteiger partial charge in [-0.3, -0.25) is 0 Å². The van der Waals surface area contributed by atoms with Crippen LogP contribution >= 0.6 is 0 Å². The number of rotatable bonds is 7. The van der Waals surface area contributed by atoms with Crippen LogP contribution in [0.5, 0.6) is 0 Å². The molecule has 0 bridgehead atoms. The summed E-state index contributed by atoms with van der Waals surface area (Å²) >= 11 is 0. The van der Waals surface area contributed by atoms with Gasteiger partial charge in [0, 0.05) is 0 Å². The molecule has 1 atom stereocenters. The number of hydrogen-bond donors (Lipinski definition) is 0. The van der Waals surface area contributed by atoms with Crippen molar-refractivity contribution in [3.8, 4) is 0 Å². The van der Waals surface area contributed by atoms with Gasteiger partial charge in [0.15, 0.2) is 0 Å². The molecule has 0 heterocycles. The minimum Gasteiger partial charge on any atom is -0.459 e. The Hall–Kier alpha value is -2.04. The molecule has 0 aliphatic carbocycles. The monoisotopic (exact) mass is 294 g/mol. The van der Waals surface area contributed by atoms with Gasteiger partial charge in [-0.15, -0.1) is 0 Å². The van der Waals surface area contributed by atoms with Crippen molar-refractivity contribution in [2.75, 3.05) is 13.7 Å². The lowest BCUT2D eigenvalue weighted by molar-refractivity contribution is 0.0287. The van der Waals surface area contributed by atoms with E-state index < -0.39 is 6.16 Å². The maximum Gasteiger partial charge on any atom is 0.507 e. The number of hydrogen-bond acceptors (Lipinski definition) is 5. The first kappa shape index (κ1) is 17.0. The van der Waals surface area contributed by atoms with E-state index in [0.29, 0.717) is 18.4 Å². The number of aryl methyl sites for hydroxylation is 1. The predicted octanol–water partition coefficient (Wildman–Crippen LogP) is 3.36. The Morgan fingerprint density at radius 1 is 1.19 bits per heavy atom. The van der Waals surface area contributed by atoms with Crippen molar-refractivity contribution in [3.05, 3.63) is 35.4 Å². The third-order valence-electron chi connectivity index (χ3n) is 3.05. The largest absolute Gasteiger partial charge is 0.507 e. The van der Waals surface area contributed by atoms with Crippen LogP contribution in [-0.2, 0) is 20.6 Å². The van der Waals surface area contributed by atoms with Crippen molar-refractivity contribution in [1.82, 2.24) is 0 Å². The SMILES string of the molecule is CCc1ccc(C(=O)OC(C)CCCOC(=O)OC)cc1. The zero-order valence-corrected chi connectivity index (χ0v) is 12.8. The molecule has 1 rings (SSSR count). The van der Waals surface area contributed by atoms with E-state index in [-0.39, 0.29) is 18.7 Å². The van der Waals surface area contributed by atoms with Gasteiger partial charge in [0.25, 0.3) is 0 Å². The van der Waals surface area contributed by atoms with Crippen molar-refractivity contribution in [2.24, 2.45) is 0 Å². The molecule has 0 aliphatic heterocycles. The van der Waals surface area contributed by atoms with Crippen LogP contribution in [0.1, 0.15) is 42.6 Å². The average Bonchev–Trinajstić information content (AvgIpc) is 2.51. The highest BCUT2D eigenvalue weighted by Gasteiger charge is 2.12. The van der Waals surface area contributed by atoms with Gasteiger partial charge in [-0.25, -0.2) is 9.59 Å². The molecule has 0 radical (unpaired) electrons. The number of methoxy groups -OCH3 is 1. The fourth-order valence-corrected chi connectivity index (χ4v) is 1.77. The Morgan fingerprint density at radius 2 is 1.86 bits per heavy atom. The number of ether oxygens (including phenoxy) is 3. The Morgan fingerprint density at radius 3 is 2.43 bits per heavy atom. The summed E-state index contributed by atoms with van der Waals surface area (Å²) in [6.07, 6.45) is 1.24. The standard InChI is InChI=1S/C16H22O5/c1-4-13-7-9-14(10-8-13)15(17)21-12(2)6-5-11-20-16(18)19-3/h7-10,12H,4-6,11H2,1-3H3. The number of benzene rings is 1. The van der Waals surface area contributed by atoms with E-state index in [1.54, 1.807) is 12.1 Å². The minimum absolute atomic E-state index is 0.232. The quantitative estimate of drug-likeness (QED) is 0.570. The smallest absolute Gasteiger partial charge is 0.459 e. The lowest BCUT2D eigenvalue weighted by atomic mass is 10.1. The van der Waals surface area contributed by atoms with E-state index in [1.807, 2.05) is 19.1 Å².